The summed E-state index contributed by atoms with van der Waals surface area (Å²) in [6.07, 6.45) is 4.76. The number of aliphatic imine (C=N–C) groups is 1. The fourth-order valence-corrected chi connectivity index (χ4v) is 3.55. The summed E-state index contributed by atoms with van der Waals surface area (Å²) < 4.78 is 11.0. The van der Waals surface area contributed by atoms with Crippen molar-refractivity contribution < 1.29 is 9.47 Å². The molecule has 0 unspecified atom stereocenters. The summed E-state index contributed by atoms with van der Waals surface area (Å²) in [5.74, 6) is 2.44. The van der Waals surface area contributed by atoms with E-state index in [0.29, 0.717) is 6.61 Å². The zero-order chi connectivity index (χ0) is 20.2. The third-order valence-corrected chi connectivity index (χ3v) is 5.04. The van der Waals surface area contributed by atoms with Crippen LogP contribution in [0.25, 0.3) is 0 Å². The molecule has 0 amide bonds. The van der Waals surface area contributed by atoms with E-state index in [1.165, 1.54) is 10.4 Å². The average molecular weight is 532 g/mol. The summed E-state index contributed by atoms with van der Waals surface area (Å²) in [6, 6.07) is 6.12. The highest BCUT2D eigenvalue weighted by atomic mass is 127. The Morgan fingerprint density at radius 2 is 2.00 bits per heavy atom. The maximum atomic E-state index is 5.65. The van der Waals surface area contributed by atoms with Crippen molar-refractivity contribution in [2.75, 3.05) is 33.4 Å². The van der Waals surface area contributed by atoms with Gasteiger partial charge in [0.25, 0.3) is 0 Å². The van der Waals surface area contributed by atoms with Crippen LogP contribution in [0, 0.1) is 6.92 Å². The number of rotatable bonds is 11. The highest BCUT2D eigenvalue weighted by molar-refractivity contribution is 14.0. The molecular weight excluding hydrogens is 499 g/mol. The standard InChI is InChI=1S/C21H32N4O2S.HI/c1-5-22-21(24-13-11-20-25-15-16(3)28-20)23-12-7-8-17-9-10-18(26-4)19(14-17)27-6-2;/h9-10,14-15H,5-8,11-13H2,1-4H3,(H2,22,23,24);1H. The van der Waals surface area contributed by atoms with Gasteiger partial charge in [-0.1, -0.05) is 6.07 Å². The number of methoxy groups -OCH3 is 1. The lowest BCUT2D eigenvalue weighted by Crippen LogP contribution is -2.38. The van der Waals surface area contributed by atoms with Crippen molar-refractivity contribution in [3.63, 3.8) is 0 Å². The smallest absolute Gasteiger partial charge is 0.191 e. The number of nitrogens with one attached hydrogen (secondary N) is 2. The van der Waals surface area contributed by atoms with E-state index in [4.69, 9.17) is 9.47 Å². The van der Waals surface area contributed by atoms with Gasteiger partial charge < -0.3 is 20.1 Å². The summed E-state index contributed by atoms with van der Waals surface area (Å²) >= 11 is 1.75. The first-order valence-corrected chi connectivity index (χ1v) is 10.7. The minimum absolute atomic E-state index is 0. The molecule has 29 heavy (non-hydrogen) atoms. The van der Waals surface area contributed by atoms with Crippen LogP contribution in [0.2, 0.25) is 0 Å². The molecule has 0 bridgehead atoms. The number of aryl methyl sites for hydroxylation is 2. The van der Waals surface area contributed by atoms with Crippen molar-refractivity contribution in [3.05, 3.63) is 39.8 Å². The molecule has 2 aromatic rings. The SMILES string of the molecule is CCNC(=NCCCc1ccc(OC)c(OCC)c1)NCCc1ncc(C)s1.I. The predicted molar refractivity (Wildman–Crippen MR) is 132 cm³/mol. The average Bonchev–Trinajstić information content (AvgIpc) is 3.10. The van der Waals surface area contributed by atoms with Crippen molar-refractivity contribution in [3.8, 4) is 11.5 Å². The molecule has 1 aromatic carbocycles. The topological polar surface area (TPSA) is 67.8 Å². The van der Waals surface area contributed by atoms with E-state index >= 15 is 0 Å². The lowest BCUT2D eigenvalue weighted by Gasteiger charge is -2.12. The Morgan fingerprint density at radius 1 is 1.17 bits per heavy atom. The van der Waals surface area contributed by atoms with E-state index < -0.39 is 0 Å². The van der Waals surface area contributed by atoms with Gasteiger partial charge in [0.15, 0.2) is 17.5 Å². The highest BCUT2D eigenvalue weighted by Gasteiger charge is 2.05. The van der Waals surface area contributed by atoms with Crippen molar-refractivity contribution in [1.29, 1.82) is 0 Å². The van der Waals surface area contributed by atoms with Crippen LogP contribution in [0.3, 0.4) is 0 Å². The van der Waals surface area contributed by atoms with Gasteiger partial charge in [0.2, 0.25) is 0 Å². The molecule has 0 fully saturated rings. The molecule has 0 atom stereocenters. The van der Waals surface area contributed by atoms with Crippen LogP contribution >= 0.6 is 35.3 Å². The first-order valence-electron chi connectivity index (χ1n) is 9.89. The molecule has 162 valence electrons. The molecule has 0 saturated heterocycles. The van der Waals surface area contributed by atoms with E-state index in [1.807, 2.05) is 19.2 Å². The minimum Gasteiger partial charge on any atom is -0.493 e. The molecule has 8 heteroatoms. The third kappa shape index (κ3) is 9.20. The Kier molecular flexibility index (Phi) is 12.7. The number of guanidine groups is 1. The van der Waals surface area contributed by atoms with Gasteiger partial charge >= 0.3 is 0 Å². The second-order valence-corrected chi connectivity index (χ2v) is 7.64. The van der Waals surface area contributed by atoms with Crippen LogP contribution in [0.1, 0.15) is 35.7 Å². The van der Waals surface area contributed by atoms with Gasteiger partial charge in [0.1, 0.15) is 0 Å². The number of hydrogen-bond acceptors (Lipinski definition) is 5. The van der Waals surface area contributed by atoms with Crippen molar-refractivity contribution in [2.24, 2.45) is 4.99 Å². The second kappa shape index (κ2) is 14.4. The molecule has 0 aliphatic rings. The molecule has 0 aliphatic heterocycles. The quantitative estimate of drug-likeness (QED) is 0.197. The van der Waals surface area contributed by atoms with Crippen LogP contribution in [-0.2, 0) is 12.8 Å². The summed E-state index contributed by atoms with van der Waals surface area (Å²) in [6.45, 7) is 9.21. The number of hydrogen-bond donors (Lipinski definition) is 2. The Balaban J connectivity index is 0.00000420. The fraction of sp³-hybridized carbons (Fsp3) is 0.524. The maximum absolute atomic E-state index is 5.65. The number of aromatic nitrogens is 1. The van der Waals surface area contributed by atoms with E-state index in [2.05, 4.69) is 46.6 Å². The molecule has 0 spiro atoms. The first kappa shape index (κ1) is 25.5. The molecule has 1 aromatic heterocycles. The lowest BCUT2D eigenvalue weighted by atomic mass is 10.1. The number of halogens is 1. The number of benzene rings is 1. The number of ether oxygens (including phenoxy) is 2. The zero-order valence-corrected chi connectivity index (χ0v) is 20.9. The van der Waals surface area contributed by atoms with E-state index in [-0.39, 0.29) is 24.0 Å². The largest absolute Gasteiger partial charge is 0.493 e. The Bertz CT molecular complexity index is 752. The molecule has 1 heterocycles. The van der Waals surface area contributed by atoms with Crippen LogP contribution in [-0.4, -0.2) is 44.3 Å². The summed E-state index contributed by atoms with van der Waals surface area (Å²) in [5.41, 5.74) is 1.23. The Morgan fingerprint density at radius 3 is 2.66 bits per heavy atom. The molecular formula is C21H33IN4O2S. The van der Waals surface area contributed by atoms with E-state index in [1.54, 1.807) is 18.4 Å². The predicted octanol–water partition coefficient (Wildman–Crippen LogP) is 4.21. The Labute approximate surface area is 195 Å². The van der Waals surface area contributed by atoms with Gasteiger partial charge in [0, 0.05) is 37.1 Å². The summed E-state index contributed by atoms with van der Waals surface area (Å²) in [4.78, 5) is 10.3. The van der Waals surface area contributed by atoms with Crippen LogP contribution in [0.15, 0.2) is 29.4 Å². The van der Waals surface area contributed by atoms with Crippen molar-refractivity contribution in [1.82, 2.24) is 15.6 Å². The number of thiazole rings is 1. The van der Waals surface area contributed by atoms with Gasteiger partial charge in [0.05, 0.1) is 18.7 Å². The van der Waals surface area contributed by atoms with Crippen molar-refractivity contribution in [2.45, 2.75) is 40.0 Å². The minimum atomic E-state index is 0. The van der Waals surface area contributed by atoms with Gasteiger partial charge in [-0.25, -0.2) is 4.98 Å². The van der Waals surface area contributed by atoms with E-state index in [9.17, 15) is 0 Å². The van der Waals surface area contributed by atoms with E-state index in [0.717, 1.165) is 61.4 Å². The van der Waals surface area contributed by atoms with Gasteiger partial charge in [-0.2, -0.15) is 0 Å². The molecule has 0 radical (unpaired) electrons. The first-order chi connectivity index (χ1) is 13.7. The molecule has 0 aliphatic carbocycles. The molecule has 6 nitrogen and oxygen atoms in total. The monoisotopic (exact) mass is 532 g/mol. The normalized spacial score (nSPS) is 11.0. The van der Waals surface area contributed by atoms with Crippen LogP contribution in [0.5, 0.6) is 11.5 Å². The fourth-order valence-electron chi connectivity index (χ4n) is 2.77. The Hall–Kier alpha value is -1.55. The lowest BCUT2D eigenvalue weighted by molar-refractivity contribution is 0.310. The zero-order valence-electron chi connectivity index (χ0n) is 17.8. The summed E-state index contributed by atoms with van der Waals surface area (Å²) in [5, 5.41) is 7.84. The summed E-state index contributed by atoms with van der Waals surface area (Å²) in [7, 11) is 1.66. The van der Waals surface area contributed by atoms with Crippen LogP contribution < -0.4 is 20.1 Å². The second-order valence-electron chi connectivity index (χ2n) is 6.32. The number of nitrogens with zero attached hydrogens (tertiary/aromatic N) is 2. The molecule has 0 saturated carbocycles. The highest BCUT2D eigenvalue weighted by Crippen LogP contribution is 2.28. The molecule has 2 N–H and O–H groups in total. The van der Waals surface area contributed by atoms with Gasteiger partial charge in [-0.05, 0) is 51.3 Å². The third-order valence-electron chi connectivity index (χ3n) is 4.07. The van der Waals surface area contributed by atoms with Crippen molar-refractivity contribution >= 4 is 41.3 Å². The maximum Gasteiger partial charge on any atom is 0.191 e. The van der Waals surface area contributed by atoms with Gasteiger partial charge in [-0.3, -0.25) is 4.99 Å². The molecule has 2 rings (SSSR count). The van der Waals surface area contributed by atoms with Gasteiger partial charge in [-0.15, -0.1) is 35.3 Å². The van der Waals surface area contributed by atoms with Crippen LogP contribution in [0.4, 0.5) is 0 Å².